The third kappa shape index (κ3) is 5.35. The lowest BCUT2D eigenvalue weighted by Crippen LogP contribution is -2.45. The highest BCUT2D eigenvalue weighted by molar-refractivity contribution is 5.81. The van der Waals surface area contributed by atoms with Crippen molar-refractivity contribution < 1.29 is 24.2 Å². The Bertz CT molecular complexity index is 826. The van der Waals surface area contributed by atoms with Crippen molar-refractivity contribution in [2.45, 2.75) is 45.8 Å². The number of fused-ring (bicyclic) bond motifs is 3. The molecule has 1 amide bonds. The SMILES string of the molecule is C.CC(C)(C)OC[C@H](NC(=O)OCC1c2ccccc2-c2ccccc21)C(=O)O. The van der Waals surface area contributed by atoms with Crippen molar-refractivity contribution in [2.24, 2.45) is 0 Å². The van der Waals surface area contributed by atoms with Gasteiger partial charge in [0.05, 0.1) is 12.2 Å². The van der Waals surface area contributed by atoms with E-state index in [1.54, 1.807) is 0 Å². The Hall–Kier alpha value is -2.86. The highest BCUT2D eigenvalue weighted by Crippen LogP contribution is 2.44. The molecule has 156 valence electrons. The van der Waals surface area contributed by atoms with E-state index in [0.29, 0.717) is 0 Å². The fourth-order valence-electron chi connectivity index (χ4n) is 3.29. The first-order valence-electron chi connectivity index (χ1n) is 9.24. The number of ether oxygens (including phenoxy) is 2. The average Bonchev–Trinajstić information content (AvgIpc) is 2.96. The Morgan fingerprint density at radius 3 is 2.03 bits per heavy atom. The molecular formula is C23H29NO5. The minimum atomic E-state index is -1.17. The van der Waals surface area contributed by atoms with Crippen LogP contribution in [0.15, 0.2) is 48.5 Å². The molecule has 0 heterocycles. The van der Waals surface area contributed by atoms with Gasteiger partial charge in [0.25, 0.3) is 0 Å². The molecule has 3 rings (SSSR count). The van der Waals surface area contributed by atoms with E-state index < -0.39 is 23.7 Å². The Labute approximate surface area is 171 Å². The number of hydrogen-bond donors (Lipinski definition) is 2. The van der Waals surface area contributed by atoms with Crippen molar-refractivity contribution in [3.05, 3.63) is 59.7 Å². The van der Waals surface area contributed by atoms with E-state index in [1.807, 2.05) is 57.2 Å². The number of nitrogens with one attached hydrogen (secondary N) is 1. The molecule has 0 radical (unpaired) electrons. The number of rotatable bonds is 6. The Balaban J connectivity index is 0.00000300. The van der Waals surface area contributed by atoms with Crippen LogP contribution in [0.4, 0.5) is 4.79 Å². The molecule has 0 unspecified atom stereocenters. The van der Waals surface area contributed by atoms with Crippen LogP contribution in [0.25, 0.3) is 11.1 Å². The normalized spacial score (nSPS) is 13.6. The molecule has 0 fully saturated rings. The molecule has 0 aromatic heterocycles. The highest BCUT2D eigenvalue weighted by Gasteiger charge is 2.30. The summed E-state index contributed by atoms with van der Waals surface area (Å²) in [5.74, 6) is -1.25. The summed E-state index contributed by atoms with van der Waals surface area (Å²) in [7, 11) is 0. The number of carbonyl (C=O) groups excluding carboxylic acids is 1. The number of alkyl carbamates (subject to hydrolysis) is 1. The molecular weight excluding hydrogens is 370 g/mol. The van der Waals surface area contributed by atoms with E-state index >= 15 is 0 Å². The summed E-state index contributed by atoms with van der Waals surface area (Å²) in [6.07, 6.45) is -0.772. The van der Waals surface area contributed by atoms with Gasteiger partial charge in [-0.1, -0.05) is 56.0 Å². The van der Waals surface area contributed by atoms with E-state index in [1.165, 1.54) is 0 Å². The van der Waals surface area contributed by atoms with Gasteiger partial charge in [-0.15, -0.1) is 0 Å². The van der Waals surface area contributed by atoms with Gasteiger partial charge >= 0.3 is 12.1 Å². The number of carboxylic acid groups (broad SMARTS) is 1. The molecule has 0 saturated heterocycles. The zero-order valence-corrected chi connectivity index (χ0v) is 16.3. The number of hydrogen-bond acceptors (Lipinski definition) is 4. The fraction of sp³-hybridized carbons (Fsp3) is 0.391. The topological polar surface area (TPSA) is 84.9 Å². The van der Waals surface area contributed by atoms with Crippen molar-refractivity contribution in [3.8, 4) is 11.1 Å². The molecule has 2 aromatic rings. The van der Waals surface area contributed by atoms with Crippen LogP contribution in [0.5, 0.6) is 0 Å². The third-order valence-electron chi connectivity index (χ3n) is 4.62. The standard InChI is InChI=1S/C22H25NO5.CH4/c1-22(2,3)28-13-19(20(24)25)23-21(26)27-12-18-16-10-6-4-8-14(16)15-9-5-7-11-17(15)18;/h4-11,18-19H,12-13H2,1-3H3,(H,23,26)(H,24,25);1H4/t19-;/m0./s1. The quantitative estimate of drug-likeness (QED) is 0.751. The van der Waals surface area contributed by atoms with Crippen LogP contribution in [0.3, 0.4) is 0 Å². The fourth-order valence-corrected chi connectivity index (χ4v) is 3.29. The van der Waals surface area contributed by atoms with E-state index in [-0.39, 0.29) is 26.6 Å². The number of benzene rings is 2. The number of carbonyl (C=O) groups is 2. The molecule has 1 aliphatic carbocycles. The molecule has 2 aromatic carbocycles. The van der Waals surface area contributed by atoms with Crippen molar-refractivity contribution in [3.63, 3.8) is 0 Å². The summed E-state index contributed by atoms with van der Waals surface area (Å²) in [4.78, 5) is 23.6. The first-order chi connectivity index (χ1) is 13.3. The molecule has 6 heteroatoms. The Morgan fingerprint density at radius 2 is 1.55 bits per heavy atom. The van der Waals surface area contributed by atoms with Crippen LogP contribution < -0.4 is 5.32 Å². The molecule has 0 spiro atoms. The van der Waals surface area contributed by atoms with Crippen molar-refractivity contribution in [2.75, 3.05) is 13.2 Å². The summed E-state index contributed by atoms with van der Waals surface area (Å²) < 4.78 is 10.9. The van der Waals surface area contributed by atoms with Crippen molar-refractivity contribution in [1.29, 1.82) is 0 Å². The van der Waals surface area contributed by atoms with Gasteiger partial charge in [-0.3, -0.25) is 0 Å². The van der Waals surface area contributed by atoms with E-state index in [2.05, 4.69) is 17.4 Å². The van der Waals surface area contributed by atoms with Gasteiger partial charge in [-0.25, -0.2) is 9.59 Å². The van der Waals surface area contributed by atoms with Crippen LogP contribution in [-0.4, -0.2) is 42.0 Å². The average molecular weight is 399 g/mol. The zero-order valence-electron chi connectivity index (χ0n) is 16.3. The van der Waals surface area contributed by atoms with Crippen LogP contribution >= 0.6 is 0 Å². The van der Waals surface area contributed by atoms with E-state index in [9.17, 15) is 14.7 Å². The second-order valence-electron chi connectivity index (χ2n) is 7.78. The first-order valence-corrected chi connectivity index (χ1v) is 9.24. The maximum atomic E-state index is 12.2. The summed E-state index contributed by atoms with van der Waals surface area (Å²) >= 11 is 0. The van der Waals surface area contributed by atoms with Crippen molar-refractivity contribution >= 4 is 12.1 Å². The largest absolute Gasteiger partial charge is 0.480 e. The number of carboxylic acids is 1. The van der Waals surface area contributed by atoms with Crippen LogP contribution in [-0.2, 0) is 14.3 Å². The summed E-state index contributed by atoms with van der Waals surface area (Å²) in [6, 6.07) is 14.9. The van der Waals surface area contributed by atoms with Crippen LogP contribution in [0, 0.1) is 0 Å². The second kappa shape index (κ2) is 9.09. The number of aliphatic carboxylic acids is 1. The summed E-state index contributed by atoms with van der Waals surface area (Å²) in [6.45, 7) is 5.45. The maximum absolute atomic E-state index is 12.2. The third-order valence-corrected chi connectivity index (χ3v) is 4.62. The van der Waals surface area contributed by atoms with Crippen LogP contribution in [0.2, 0.25) is 0 Å². The van der Waals surface area contributed by atoms with Gasteiger partial charge in [0, 0.05) is 5.92 Å². The zero-order chi connectivity index (χ0) is 20.3. The maximum Gasteiger partial charge on any atom is 0.407 e. The lowest BCUT2D eigenvalue weighted by atomic mass is 9.98. The summed E-state index contributed by atoms with van der Waals surface area (Å²) in [5, 5.41) is 11.7. The summed E-state index contributed by atoms with van der Waals surface area (Å²) in [5.41, 5.74) is 3.96. The Kier molecular flexibility index (Phi) is 7.03. The molecule has 29 heavy (non-hydrogen) atoms. The number of amides is 1. The Morgan fingerprint density at radius 1 is 1.03 bits per heavy atom. The minimum Gasteiger partial charge on any atom is -0.480 e. The smallest absolute Gasteiger partial charge is 0.407 e. The molecule has 0 aliphatic heterocycles. The van der Waals surface area contributed by atoms with Gasteiger partial charge in [0.15, 0.2) is 6.04 Å². The van der Waals surface area contributed by atoms with Crippen molar-refractivity contribution in [1.82, 2.24) is 5.32 Å². The predicted molar refractivity (Wildman–Crippen MR) is 112 cm³/mol. The highest BCUT2D eigenvalue weighted by atomic mass is 16.6. The van der Waals surface area contributed by atoms with E-state index in [0.717, 1.165) is 22.3 Å². The van der Waals surface area contributed by atoms with Gasteiger partial charge in [0.1, 0.15) is 6.61 Å². The van der Waals surface area contributed by atoms with Gasteiger partial charge < -0.3 is 19.9 Å². The first kappa shape index (κ1) is 22.4. The molecule has 0 saturated carbocycles. The lowest BCUT2D eigenvalue weighted by molar-refractivity contribution is -0.142. The van der Waals surface area contributed by atoms with Gasteiger partial charge in [-0.2, -0.15) is 0 Å². The molecule has 1 atom stereocenters. The molecule has 2 N–H and O–H groups in total. The van der Waals surface area contributed by atoms with Crippen LogP contribution in [0.1, 0.15) is 45.2 Å². The molecule has 0 bridgehead atoms. The predicted octanol–water partition coefficient (Wildman–Crippen LogP) is 4.43. The van der Waals surface area contributed by atoms with Gasteiger partial charge in [0.2, 0.25) is 0 Å². The van der Waals surface area contributed by atoms with Gasteiger partial charge in [-0.05, 0) is 43.0 Å². The minimum absolute atomic E-state index is 0. The monoisotopic (exact) mass is 399 g/mol. The molecule has 1 aliphatic rings. The lowest BCUT2D eigenvalue weighted by Gasteiger charge is -2.23. The van der Waals surface area contributed by atoms with E-state index in [4.69, 9.17) is 9.47 Å². The second-order valence-corrected chi connectivity index (χ2v) is 7.78. The molecule has 6 nitrogen and oxygen atoms in total.